The summed E-state index contributed by atoms with van der Waals surface area (Å²) in [5.41, 5.74) is 1.49. The molecule has 3 rings (SSSR count). The molecule has 4 N–H and O–H groups in total. The molecule has 1 heterocycles. The zero-order valence-corrected chi connectivity index (χ0v) is 12.7. The van der Waals surface area contributed by atoms with E-state index in [9.17, 15) is 5.11 Å². The van der Waals surface area contributed by atoms with Crippen molar-refractivity contribution in [1.82, 2.24) is 4.90 Å². The van der Waals surface area contributed by atoms with Gasteiger partial charge in [0.15, 0.2) is 0 Å². The van der Waals surface area contributed by atoms with Gasteiger partial charge in [-0.3, -0.25) is 4.90 Å². The Labute approximate surface area is 127 Å². The van der Waals surface area contributed by atoms with Crippen molar-refractivity contribution in [1.29, 1.82) is 0 Å². The summed E-state index contributed by atoms with van der Waals surface area (Å²) in [6.07, 6.45) is 7.10. The third kappa shape index (κ3) is 4.27. The first kappa shape index (κ1) is 16.4. The predicted molar refractivity (Wildman–Crippen MR) is 84.2 cm³/mol. The predicted octanol–water partition coefficient (Wildman–Crippen LogP) is 2.50. The first-order chi connectivity index (χ1) is 10.3. The summed E-state index contributed by atoms with van der Waals surface area (Å²) in [7, 11) is 0. The van der Waals surface area contributed by atoms with Crippen molar-refractivity contribution in [3.8, 4) is 0 Å². The lowest BCUT2D eigenvalue weighted by atomic mass is 9.86. The lowest BCUT2D eigenvalue weighted by Crippen LogP contribution is -2.48. The van der Waals surface area contributed by atoms with Crippen molar-refractivity contribution in [3.05, 3.63) is 35.9 Å². The van der Waals surface area contributed by atoms with Crippen LogP contribution < -0.4 is 5.90 Å². The number of aliphatic hydroxyl groups excluding tert-OH is 1. The number of piperidine rings is 1. The number of hydrogen-bond acceptors (Lipinski definition) is 4. The molecule has 0 amide bonds. The molecule has 4 nitrogen and oxygen atoms in total. The highest BCUT2D eigenvalue weighted by Crippen LogP contribution is 2.31. The van der Waals surface area contributed by atoms with Gasteiger partial charge in [0.25, 0.3) is 0 Å². The van der Waals surface area contributed by atoms with Gasteiger partial charge in [-0.15, -0.1) is 0 Å². The fourth-order valence-corrected chi connectivity index (χ4v) is 3.81. The number of hydrogen-bond donors (Lipinski definition) is 3. The molecule has 1 saturated carbocycles. The fraction of sp³-hybridized carbons (Fsp3) is 0.647. The molecule has 21 heavy (non-hydrogen) atoms. The maximum Gasteiger partial charge on any atom is 0.0695 e. The first-order valence-corrected chi connectivity index (χ1v) is 8.07. The average Bonchev–Trinajstić information content (AvgIpc) is 2.58. The van der Waals surface area contributed by atoms with Crippen molar-refractivity contribution in [2.24, 2.45) is 5.90 Å². The number of nitrogens with zero attached hydrogens (tertiary/aromatic N) is 1. The van der Waals surface area contributed by atoms with Gasteiger partial charge in [-0.1, -0.05) is 43.2 Å². The number of aliphatic hydroxyl groups is 1. The second kappa shape index (κ2) is 8.49. The summed E-state index contributed by atoms with van der Waals surface area (Å²) in [6.45, 7) is 2.31. The Hall–Kier alpha value is -0.940. The highest BCUT2D eigenvalue weighted by atomic mass is 16.4. The molecule has 0 aromatic heterocycles. The quantitative estimate of drug-likeness (QED) is 0.733. The molecular formula is C17H28N2O2. The van der Waals surface area contributed by atoms with E-state index in [0.717, 1.165) is 25.4 Å². The zero-order valence-electron chi connectivity index (χ0n) is 12.7. The summed E-state index contributed by atoms with van der Waals surface area (Å²) >= 11 is 0. The third-order valence-corrected chi connectivity index (χ3v) is 4.96. The molecule has 4 heteroatoms. The molecule has 0 spiro atoms. The van der Waals surface area contributed by atoms with Crippen molar-refractivity contribution in [2.75, 3.05) is 13.1 Å². The van der Waals surface area contributed by atoms with Gasteiger partial charge in [0.1, 0.15) is 0 Å². The first-order valence-electron chi connectivity index (χ1n) is 8.07. The van der Waals surface area contributed by atoms with Gasteiger partial charge in [-0.25, -0.2) is 5.90 Å². The highest BCUT2D eigenvalue weighted by Gasteiger charge is 2.31. The number of rotatable bonds is 2. The molecule has 2 aliphatic rings. The van der Waals surface area contributed by atoms with E-state index in [1.54, 1.807) is 0 Å². The molecule has 2 unspecified atom stereocenters. The number of nitrogens with two attached hydrogens (primary N) is 1. The van der Waals surface area contributed by atoms with E-state index in [1.807, 2.05) is 0 Å². The van der Waals surface area contributed by atoms with Crippen LogP contribution in [0.4, 0.5) is 0 Å². The average molecular weight is 292 g/mol. The summed E-state index contributed by atoms with van der Waals surface area (Å²) in [4.78, 5) is 2.54. The Morgan fingerprint density at radius 1 is 0.905 bits per heavy atom. The normalized spacial score (nSPS) is 27.8. The lowest BCUT2D eigenvalue weighted by molar-refractivity contribution is 0.00871. The van der Waals surface area contributed by atoms with Crippen LogP contribution in [0.2, 0.25) is 0 Å². The topological polar surface area (TPSA) is 69.7 Å². The minimum atomic E-state index is -0.0815. The molecule has 2 atom stereocenters. The van der Waals surface area contributed by atoms with Crippen LogP contribution in [-0.4, -0.2) is 40.4 Å². The Morgan fingerprint density at radius 3 is 2.14 bits per heavy atom. The standard InChI is InChI=1S/C17H25NO.H3NO/c19-17-9-5-4-8-16(17)18-12-10-15(11-13-18)14-6-2-1-3-7-14;1-2/h1-3,6-7,15-17,19H,4-5,8-13H2;2H,1H2. The molecule has 1 aliphatic heterocycles. The van der Waals surface area contributed by atoms with Crippen LogP contribution >= 0.6 is 0 Å². The molecule has 1 aliphatic carbocycles. The number of benzene rings is 1. The van der Waals surface area contributed by atoms with E-state index in [4.69, 9.17) is 5.21 Å². The maximum atomic E-state index is 10.2. The summed E-state index contributed by atoms with van der Waals surface area (Å²) in [5, 5.41) is 16.7. The molecule has 1 aromatic carbocycles. The van der Waals surface area contributed by atoms with E-state index in [-0.39, 0.29) is 6.10 Å². The van der Waals surface area contributed by atoms with Crippen LogP contribution in [0.3, 0.4) is 0 Å². The van der Waals surface area contributed by atoms with Crippen LogP contribution in [0.5, 0.6) is 0 Å². The van der Waals surface area contributed by atoms with Gasteiger partial charge < -0.3 is 10.3 Å². The molecule has 2 fully saturated rings. The van der Waals surface area contributed by atoms with E-state index < -0.39 is 0 Å². The third-order valence-electron chi connectivity index (χ3n) is 4.96. The zero-order chi connectivity index (χ0) is 15.1. The Kier molecular flexibility index (Phi) is 6.64. The monoisotopic (exact) mass is 292 g/mol. The number of likely N-dealkylation sites (tertiary alicyclic amines) is 1. The summed E-state index contributed by atoms with van der Waals surface area (Å²) < 4.78 is 0. The minimum Gasteiger partial charge on any atom is -0.391 e. The van der Waals surface area contributed by atoms with Crippen LogP contribution in [-0.2, 0) is 0 Å². The lowest BCUT2D eigenvalue weighted by Gasteiger charge is -2.41. The van der Waals surface area contributed by atoms with E-state index in [0.29, 0.717) is 6.04 Å². The minimum absolute atomic E-state index is 0.0815. The van der Waals surface area contributed by atoms with Gasteiger partial charge in [-0.05, 0) is 50.3 Å². The van der Waals surface area contributed by atoms with Gasteiger partial charge in [0.05, 0.1) is 6.10 Å². The molecule has 0 bridgehead atoms. The van der Waals surface area contributed by atoms with Crippen molar-refractivity contribution in [2.45, 2.75) is 56.6 Å². The molecule has 1 saturated heterocycles. The maximum absolute atomic E-state index is 10.2. The largest absolute Gasteiger partial charge is 0.391 e. The molecular weight excluding hydrogens is 264 g/mol. The van der Waals surface area contributed by atoms with Crippen molar-refractivity contribution >= 4 is 0 Å². The SMILES string of the molecule is NO.OC1CCCCC1N1CCC(c2ccccc2)CC1. The van der Waals surface area contributed by atoms with Crippen molar-refractivity contribution < 1.29 is 10.3 Å². The fourth-order valence-electron chi connectivity index (χ4n) is 3.81. The Morgan fingerprint density at radius 2 is 1.52 bits per heavy atom. The Bertz CT molecular complexity index is 391. The van der Waals surface area contributed by atoms with Crippen LogP contribution in [0.1, 0.15) is 50.0 Å². The van der Waals surface area contributed by atoms with Crippen LogP contribution in [0, 0.1) is 0 Å². The summed E-state index contributed by atoms with van der Waals surface area (Å²) in [5.74, 6) is 4.22. The van der Waals surface area contributed by atoms with E-state index >= 15 is 0 Å². The Balaban J connectivity index is 0.000000774. The second-order valence-corrected chi connectivity index (χ2v) is 6.14. The van der Waals surface area contributed by atoms with Gasteiger partial charge in [-0.2, -0.15) is 0 Å². The van der Waals surface area contributed by atoms with Gasteiger partial charge in [0, 0.05) is 6.04 Å². The molecule has 0 radical (unpaired) electrons. The van der Waals surface area contributed by atoms with E-state index in [1.165, 1.54) is 37.7 Å². The van der Waals surface area contributed by atoms with E-state index in [2.05, 4.69) is 41.1 Å². The molecule has 118 valence electrons. The highest BCUT2D eigenvalue weighted by molar-refractivity contribution is 5.20. The smallest absolute Gasteiger partial charge is 0.0695 e. The van der Waals surface area contributed by atoms with Crippen molar-refractivity contribution in [3.63, 3.8) is 0 Å². The molecule has 1 aromatic rings. The van der Waals surface area contributed by atoms with Gasteiger partial charge >= 0.3 is 0 Å². The summed E-state index contributed by atoms with van der Waals surface area (Å²) in [6, 6.07) is 11.3. The van der Waals surface area contributed by atoms with Crippen LogP contribution in [0.25, 0.3) is 0 Å². The van der Waals surface area contributed by atoms with Crippen LogP contribution in [0.15, 0.2) is 30.3 Å². The second-order valence-electron chi connectivity index (χ2n) is 6.14. The van der Waals surface area contributed by atoms with Gasteiger partial charge in [0.2, 0.25) is 0 Å².